The molecule has 0 bridgehead atoms. The highest BCUT2D eigenvalue weighted by atomic mass is 35.5. The number of carbonyl (C=O) groups excluding carboxylic acids is 2. The molecule has 0 aromatic carbocycles. The van der Waals surface area contributed by atoms with E-state index in [2.05, 4.69) is 15.4 Å². The lowest BCUT2D eigenvalue weighted by Gasteiger charge is -2.36. The number of nitrogens with zero attached hydrogens (tertiary/aromatic N) is 4. The summed E-state index contributed by atoms with van der Waals surface area (Å²) in [6.07, 6.45) is 6.40. The van der Waals surface area contributed by atoms with E-state index >= 15 is 0 Å². The van der Waals surface area contributed by atoms with Crippen LogP contribution in [0.25, 0.3) is 5.65 Å². The van der Waals surface area contributed by atoms with E-state index in [9.17, 15) is 9.59 Å². The summed E-state index contributed by atoms with van der Waals surface area (Å²) in [5.41, 5.74) is 1.80. The zero-order valence-electron chi connectivity index (χ0n) is 13.5. The Hall–Kier alpha value is -2.15. The number of nitrogens with one attached hydrogen (secondary N) is 1. The first-order valence-corrected chi connectivity index (χ1v) is 8.61. The first kappa shape index (κ1) is 16.7. The number of amides is 2. The van der Waals surface area contributed by atoms with E-state index in [-0.39, 0.29) is 17.9 Å². The molecule has 0 saturated carbocycles. The number of piperidine rings is 1. The number of carbonyl (C=O) groups is 2. The van der Waals surface area contributed by atoms with Crippen molar-refractivity contribution in [2.24, 2.45) is 0 Å². The van der Waals surface area contributed by atoms with Crippen LogP contribution in [0.5, 0.6) is 0 Å². The van der Waals surface area contributed by atoms with Gasteiger partial charge in [-0.1, -0.05) is 0 Å². The molecule has 0 spiro atoms. The van der Waals surface area contributed by atoms with Gasteiger partial charge in [0.15, 0.2) is 5.65 Å². The van der Waals surface area contributed by atoms with Crippen LogP contribution in [-0.2, 0) is 4.79 Å². The summed E-state index contributed by atoms with van der Waals surface area (Å²) in [7, 11) is 1.57. The van der Waals surface area contributed by atoms with Crippen molar-refractivity contribution in [3.63, 3.8) is 0 Å². The van der Waals surface area contributed by atoms with Gasteiger partial charge in [-0.05, 0) is 25.3 Å². The van der Waals surface area contributed by atoms with Crippen molar-refractivity contribution in [1.29, 1.82) is 0 Å². The monoisotopic (exact) mass is 349 g/mol. The number of fused-ring (bicyclic) bond motifs is 1. The Morgan fingerprint density at radius 3 is 3.00 bits per heavy atom. The van der Waals surface area contributed by atoms with Gasteiger partial charge in [-0.15, -0.1) is 11.6 Å². The predicted octanol–water partition coefficient (Wildman–Crippen LogP) is 1.77. The molecule has 3 rings (SSSR count). The minimum atomic E-state index is -0.228. The Kier molecular flexibility index (Phi) is 4.99. The second kappa shape index (κ2) is 7.17. The molecule has 24 heavy (non-hydrogen) atoms. The third-order valence-corrected chi connectivity index (χ3v) is 4.56. The Balaban J connectivity index is 2.02. The molecule has 1 aliphatic heterocycles. The maximum Gasteiger partial charge on any atom is 0.256 e. The molecule has 1 unspecified atom stereocenters. The lowest BCUT2D eigenvalue weighted by molar-refractivity contribution is -0.134. The topological polar surface area (TPSA) is 79.6 Å². The standard InChI is InChI=1S/C16H20ClN5O2/c1-18-16(24)11-10-20-22-13(6-8-19-15(11)22)12-4-2-3-9-21(12)14(23)5-7-17/h6,8,10,12H,2-5,7,9H2,1H3,(H,18,24). The quantitative estimate of drug-likeness (QED) is 0.853. The van der Waals surface area contributed by atoms with Crippen molar-refractivity contribution in [3.05, 3.63) is 29.7 Å². The number of halogens is 1. The normalized spacial score (nSPS) is 17.9. The maximum atomic E-state index is 12.4. The van der Waals surface area contributed by atoms with E-state index in [1.807, 2.05) is 11.0 Å². The Bertz CT molecular complexity index is 760. The first-order valence-electron chi connectivity index (χ1n) is 8.07. The second-order valence-corrected chi connectivity index (χ2v) is 6.16. The molecule has 8 heteroatoms. The molecule has 1 atom stereocenters. The lowest BCUT2D eigenvalue weighted by atomic mass is 9.98. The van der Waals surface area contributed by atoms with Gasteiger partial charge in [-0.3, -0.25) is 9.59 Å². The van der Waals surface area contributed by atoms with Gasteiger partial charge in [0.2, 0.25) is 5.91 Å². The van der Waals surface area contributed by atoms with Crippen molar-refractivity contribution >= 4 is 29.1 Å². The Morgan fingerprint density at radius 2 is 2.25 bits per heavy atom. The summed E-state index contributed by atoms with van der Waals surface area (Å²) in [4.78, 5) is 30.5. The van der Waals surface area contributed by atoms with Crippen LogP contribution < -0.4 is 5.32 Å². The van der Waals surface area contributed by atoms with Gasteiger partial charge < -0.3 is 10.2 Å². The number of alkyl halides is 1. The minimum Gasteiger partial charge on any atom is -0.355 e. The summed E-state index contributed by atoms with van der Waals surface area (Å²) >= 11 is 5.74. The number of hydrogen-bond donors (Lipinski definition) is 1. The summed E-state index contributed by atoms with van der Waals surface area (Å²) < 4.78 is 1.67. The SMILES string of the molecule is CNC(=O)c1cnn2c(C3CCCCN3C(=O)CCCl)ccnc12. The minimum absolute atomic E-state index is 0.0540. The fraction of sp³-hybridized carbons (Fsp3) is 0.500. The molecule has 2 amide bonds. The first-order chi connectivity index (χ1) is 11.7. The summed E-state index contributed by atoms with van der Waals surface area (Å²) in [6, 6.07) is 1.79. The van der Waals surface area contributed by atoms with Gasteiger partial charge in [-0.25, -0.2) is 9.50 Å². The van der Waals surface area contributed by atoms with Crippen LogP contribution in [0.15, 0.2) is 18.5 Å². The molecule has 0 radical (unpaired) electrons. The van der Waals surface area contributed by atoms with Crippen molar-refractivity contribution in [2.75, 3.05) is 19.5 Å². The predicted molar refractivity (Wildman–Crippen MR) is 90.0 cm³/mol. The van der Waals surface area contributed by atoms with Crippen molar-refractivity contribution in [3.8, 4) is 0 Å². The highest BCUT2D eigenvalue weighted by molar-refractivity contribution is 6.18. The van der Waals surface area contributed by atoms with E-state index in [4.69, 9.17) is 11.6 Å². The molecule has 2 aromatic heterocycles. The van der Waals surface area contributed by atoms with Gasteiger partial charge in [0.05, 0.1) is 17.9 Å². The zero-order chi connectivity index (χ0) is 17.1. The van der Waals surface area contributed by atoms with E-state index in [0.29, 0.717) is 30.1 Å². The molecular weight excluding hydrogens is 330 g/mol. The number of likely N-dealkylation sites (tertiary alicyclic amines) is 1. The molecule has 0 aliphatic carbocycles. The summed E-state index contributed by atoms with van der Waals surface area (Å²) in [5.74, 6) is 0.142. The zero-order valence-corrected chi connectivity index (χ0v) is 14.3. The Labute approximate surface area is 145 Å². The van der Waals surface area contributed by atoms with Gasteiger partial charge in [0, 0.05) is 32.1 Å². The van der Waals surface area contributed by atoms with Gasteiger partial charge in [0.1, 0.15) is 5.56 Å². The molecule has 2 aromatic rings. The number of hydrogen-bond acceptors (Lipinski definition) is 4. The molecule has 3 heterocycles. The molecule has 1 saturated heterocycles. The fourth-order valence-electron chi connectivity index (χ4n) is 3.22. The summed E-state index contributed by atoms with van der Waals surface area (Å²) in [5, 5.41) is 6.92. The molecule has 1 aliphatic rings. The third-order valence-electron chi connectivity index (χ3n) is 4.38. The molecule has 1 fully saturated rings. The van der Waals surface area contributed by atoms with Crippen LogP contribution in [0.4, 0.5) is 0 Å². The van der Waals surface area contributed by atoms with E-state index < -0.39 is 0 Å². The molecule has 1 N–H and O–H groups in total. The second-order valence-electron chi connectivity index (χ2n) is 5.78. The number of aromatic nitrogens is 3. The average Bonchev–Trinajstić information content (AvgIpc) is 3.05. The summed E-state index contributed by atoms with van der Waals surface area (Å²) in [6.45, 7) is 0.716. The van der Waals surface area contributed by atoms with E-state index in [1.54, 1.807) is 17.8 Å². The highest BCUT2D eigenvalue weighted by Gasteiger charge is 2.30. The van der Waals surface area contributed by atoms with Gasteiger partial charge in [-0.2, -0.15) is 5.10 Å². The van der Waals surface area contributed by atoms with E-state index in [1.165, 1.54) is 6.20 Å². The van der Waals surface area contributed by atoms with Crippen LogP contribution in [0.2, 0.25) is 0 Å². The van der Waals surface area contributed by atoms with Crippen LogP contribution in [0.3, 0.4) is 0 Å². The van der Waals surface area contributed by atoms with E-state index in [0.717, 1.165) is 25.0 Å². The van der Waals surface area contributed by atoms with Crippen LogP contribution in [0, 0.1) is 0 Å². The lowest BCUT2D eigenvalue weighted by Crippen LogP contribution is -2.39. The van der Waals surface area contributed by atoms with Gasteiger partial charge in [0.25, 0.3) is 5.91 Å². The third kappa shape index (κ3) is 2.96. The van der Waals surface area contributed by atoms with Crippen LogP contribution in [-0.4, -0.2) is 50.8 Å². The van der Waals surface area contributed by atoms with Gasteiger partial charge >= 0.3 is 0 Å². The average molecular weight is 350 g/mol. The largest absolute Gasteiger partial charge is 0.355 e. The molecular formula is C16H20ClN5O2. The molecule has 7 nitrogen and oxygen atoms in total. The highest BCUT2D eigenvalue weighted by Crippen LogP contribution is 2.31. The smallest absolute Gasteiger partial charge is 0.256 e. The fourth-order valence-corrected chi connectivity index (χ4v) is 3.38. The van der Waals surface area contributed by atoms with Crippen molar-refractivity contribution in [1.82, 2.24) is 24.8 Å². The van der Waals surface area contributed by atoms with Crippen LogP contribution in [0.1, 0.15) is 47.8 Å². The van der Waals surface area contributed by atoms with Crippen molar-refractivity contribution < 1.29 is 9.59 Å². The van der Waals surface area contributed by atoms with Crippen molar-refractivity contribution in [2.45, 2.75) is 31.7 Å². The Morgan fingerprint density at radius 1 is 1.42 bits per heavy atom. The molecule has 128 valence electrons. The maximum absolute atomic E-state index is 12.4. The van der Waals surface area contributed by atoms with Crippen LogP contribution >= 0.6 is 11.6 Å². The number of rotatable bonds is 4.